The zero-order valence-electron chi connectivity index (χ0n) is 9.17. The quantitative estimate of drug-likeness (QED) is 0.878. The Labute approximate surface area is 97.7 Å². The molecule has 1 unspecified atom stereocenters. The predicted octanol–water partition coefficient (Wildman–Crippen LogP) is 1.71. The molecule has 0 saturated carbocycles. The Morgan fingerprint density at radius 2 is 2.00 bits per heavy atom. The largest absolute Gasteiger partial charge is 0.497 e. The molecular formula is C12H11FN2O2. The van der Waals surface area contributed by atoms with Crippen molar-refractivity contribution in [3.63, 3.8) is 0 Å². The molecule has 2 rings (SSSR count). The molecule has 0 fully saturated rings. The van der Waals surface area contributed by atoms with Crippen LogP contribution in [0, 0.1) is 5.82 Å². The molecule has 1 atom stereocenters. The van der Waals surface area contributed by atoms with Crippen LogP contribution in [0.3, 0.4) is 0 Å². The lowest BCUT2D eigenvalue weighted by molar-refractivity contribution is 0.204. The SMILES string of the molecule is COc1ccc(C(O)c2ncccn2)c(F)c1. The van der Waals surface area contributed by atoms with Crippen molar-refractivity contribution < 1.29 is 14.2 Å². The van der Waals surface area contributed by atoms with Gasteiger partial charge in [0.05, 0.1) is 7.11 Å². The summed E-state index contributed by atoms with van der Waals surface area (Å²) in [7, 11) is 1.45. The van der Waals surface area contributed by atoms with Gasteiger partial charge in [0.1, 0.15) is 17.7 Å². The highest BCUT2D eigenvalue weighted by atomic mass is 19.1. The van der Waals surface area contributed by atoms with E-state index in [1.54, 1.807) is 12.1 Å². The standard InChI is InChI=1S/C12H11FN2O2/c1-17-8-3-4-9(10(13)7-8)11(16)12-14-5-2-6-15-12/h2-7,11,16H,1H3. The predicted molar refractivity (Wildman–Crippen MR) is 59.0 cm³/mol. The minimum absolute atomic E-state index is 0.122. The fraction of sp³-hybridized carbons (Fsp3) is 0.167. The van der Waals surface area contributed by atoms with Crippen LogP contribution >= 0.6 is 0 Å². The van der Waals surface area contributed by atoms with E-state index >= 15 is 0 Å². The van der Waals surface area contributed by atoms with Gasteiger partial charge in [-0.2, -0.15) is 0 Å². The van der Waals surface area contributed by atoms with E-state index in [0.29, 0.717) is 5.75 Å². The van der Waals surface area contributed by atoms with E-state index in [1.807, 2.05) is 0 Å². The van der Waals surface area contributed by atoms with Crippen LogP contribution in [-0.2, 0) is 0 Å². The van der Waals surface area contributed by atoms with Crippen molar-refractivity contribution in [1.82, 2.24) is 9.97 Å². The van der Waals surface area contributed by atoms with E-state index in [4.69, 9.17) is 4.74 Å². The summed E-state index contributed by atoms with van der Waals surface area (Å²) in [6.07, 6.45) is 1.81. The van der Waals surface area contributed by atoms with Crippen LogP contribution in [0.2, 0.25) is 0 Å². The fourth-order valence-corrected chi connectivity index (χ4v) is 1.45. The van der Waals surface area contributed by atoms with Crippen LogP contribution < -0.4 is 4.74 Å². The Morgan fingerprint density at radius 1 is 1.29 bits per heavy atom. The molecule has 88 valence electrons. The second-order valence-electron chi connectivity index (χ2n) is 3.40. The van der Waals surface area contributed by atoms with Crippen molar-refractivity contribution in [1.29, 1.82) is 0 Å². The number of ether oxygens (including phenoxy) is 1. The number of benzene rings is 1. The molecule has 0 radical (unpaired) electrons. The molecule has 4 nitrogen and oxygen atoms in total. The third-order valence-electron chi connectivity index (χ3n) is 2.33. The van der Waals surface area contributed by atoms with Crippen LogP contribution in [0.5, 0.6) is 5.75 Å². The fourth-order valence-electron chi connectivity index (χ4n) is 1.45. The first-order valence-electron chi connectivity index (χ1n) is 5.01. The zero-order chi connectivity index (χ0) is 12.3. The first kappa shape index (κ1) is 11.5. The highest BCUT2D eigenvalue weighted by molar-refractivity contribution is 5.32. The summed E-state index contributed by atoms with van der Waals surface area (Å²) in [5, 5.41) is 9.93. The number of hydrogen-bond acceptors (Lipinski definition) is 4. The van der Waals surface area contributed by atoms with Crippen LogP contribution in [0.15, 0.2) is 36.7 Å². The minimum Gasteiger partial charge on any atom is -0.497 e. The van der Waals surface area contributed by atoms with Crippen molar-refractivity contribution in [3.05, 3.63) is 53.9 Å². The molecule has 0 amide bonds. The summed E-state index contributed by atoms with van der Waals surface area (Å²) < 4.78 is 18.6. The summed E-state index contributed by atoms with van der Waals surface area (Å²) in [4.78, 5) is 7.76. The van der Waals surface area contributed by atoms with Crippen molar-refractivity contribution in [3.8, 4) is 5.75 Å². The third-order valence-corrected chi connectivity index (χ3v) is 2.33. The number of hydrogen-bond donors (Lipinski definition) is 1. The molecule has 1 N–H and O–H groups in total. The van der Waals surface area contributed by atoms with E-state index in [1.165, 1.54) is 31.6 Å². The molecule has 1 heterocycles. The molecule has 0 bridgehead atoms. The topological polar surface area (TPSA) is 55.2 Å². The monoisotopic (exact) mass is 234 g/mol. The van der Waals surface area contributed by atoms with Crippen LogP contribution in [0.4, 0.5) is 4.39 Å². The Balaban J connectivity index is 2.34. The maximum Gasteiger partial charge on any atom is 0.161 e. The normalized spacial score (nSPS) is 12.2. The summed E-state index contributed by atoms with van der Waals surface area (Å²) in [6.45, 7) is 0. The van der Waals surface area contributed by atoms with Crippen LogP contribution in [-0.4, -0.2) is 22.2 Å². The summed E-state index contributed by atoms with van der Waals surface area (Å²) >= 11 is 0. The number of halogens is 1. The van der Waals surface area contributed by atoms with Gasteiger partial charge in [-0.05, 0) is 18.2 Å². The highest BCUT2D eigenvalue weighted by Gasteiger charge is 2.17. The molecule has 2 aromatic rings. The Hall–Kier alpha value is -2.01. The van der Waals surface area contributed by atoms with Gasteiger partial charge in [-0.1, -0.05) is 0 Å². The first-order chi connectivity index (χ1) is 8.22. The number of rotatable bonds is 3. The molecule has 0 aliphatic carbocycles. The van der Waals surface area contributed by atoms with E-state index in [2.05, 4.69) is 9.97 Å². The Kier molecular flexibility index (Phi) is 3.30. The smallest absolute Gasteiger partial charge is 0.161 e. The number of methoxy groups -OCH3 is 1. The molecule has 17 heavy (non-hydrogen) atoms. The van der Waals surface area contributed by atoms with E-state index in [9.17, 15) is 9.50 Å². The average Bonchev–Trinajstić information content (AvgIpc) is 2.39. The number of aromatic nitrogens is 2. The molecule has 0 aliphatic rings. The van der Waals surface area contributed by atoms with E-state index < -0.39 is 11.9 Å². The highest BCUT2D eigenvalue weighted by Crippen LogP contribution is 2.24. The van der Waals surface area contributed by atoms with E-state index in [0.717, 1.165) is 0 Å². The van der Waals surface area contributed by atoms with Crippen LogP contribution in [0.25, 0.3) is 0 Å². The summed E-state index contributed by atoms with van der Waals surface area (Å²) in [6, 6.07) is 5.86. The third kappa shape index (κ3) is 2.39. The summed E-state index contributed by atoms with van der Waals surface area (Å²) in [5.74, 6) is 0.00769. The second kappa shape index (κ2) is 4.88. The molecular weight excluding hydrogens is 223 g/mol. The first-order valence-corrected chi connectivity index (χ1v) is 5.01. The molecule has 0 aliphatic heterocycles. The van der Waals surface area contributed by atoms with Gasteiger partial charge in [0, 0.05) is 24.0 Å². The number of nitrogens with zero attached hydrogens (tertiary/aromatic N) is 2. The molecule has 0 spiro atoms. The van der Waals surface area contributed by atoms with Crippen molar-refractivity contribution in [2.24, 2.45) is 0 Å². The summed E-state index contributed by atoms with van der Waals surface area (Å²) in [5.41, 5.74) is 0.122. The van der Waals surface area contributed by atoms with Gasteiger partial charge in [0.15, 0.2) is 5.82 Å². The lowest BCUT2D eigenvalue weighted by Crippen LogP contribution is -2.06. The van der Waals surface area contributed by atoms with Gasteiger partial charge in [0.2, 0.25) is 0 Å². The molecule has 1 aromatic heterocycles. The maximum atomic E-state index is 13.7. The Bertz CT molecular complexity index is 505. The van der Waals surface area contributed by atoms with E-state index in [-0.39, 0.29) is 11.4 Å². The van der Waals surface area contributed by atoms with Gasteiger partial charge in [-0.15, -0.1) is 0 Å². The average molecular weight is 234 g/mol. The van der Waals surface area contributed by atoms with Crippen LogP contribution in [0.1, 0.15) is 17.5 Å². The van der Waals surface area contributed by atoms with Crippen molar-refractivity contribution in [2.75, 3.05) is 7.11 Å². The lowest BCUT2D eigenvalue weighted by atomic mass is 10.1. The van der Waals surface area contributed by atoms with Gasteiger partial charge >= 0.3 is 0 Å². The van der Waals surface area contributed by atoms with Gasteiger partial charge in [-0.3, -0.25) is 0 Å². The number of aliphatic hydroxyl groups excluding tert-OH is 1. The van der Waals surface area contributed by atoms with Crippen molar-refractivity contribution >= 4 is 0 Å². The molecule has 0 saturated heterocycles. The van der Waals surface area contributed by atoms with Crippen molar-refractivity contribution in [2.45, 2.75) is 6.10 Å². The minimum atomic E-state index is -1.18. The molecule has 1 aromatic carbocycles. The Morgan fingerprint density at radius 3 is 2.59 bits per heavy atom. The van der Waals surface area contributed by atoms with Gasteiger partial charge < -0.3 is 9.84 Å². The lowest BCUT2D eigenvalue weighted by Gasteiger charge is -2.11. The second-order valence-corrected chi connectivity index (χ2v) is 3.40. The molecule has 5 heteroatoms. The van der Waals surface area contributed by atoms with Gasteiger partial charge in [-0.25, -0.2) is 14.4 Å². The maximum absolute atomic E-state index is 13.7. The van der Waals surface area contributed by atoms with Gasteiger partial charge in [0.25, 0.3) is 0 Å². The zero-order valence-corrected chi connectivity index (χ0v) is 9.17. The number of aliphatic hydroxyl groups is 1.